The minimum atomic E-state index is -0.780. The number of ether oxygens (including phenoxy) is 1. The predicted molar refractivity (Wildman–Crippen MR) is 56.2 cm³/mol. The third kappa shape index (κ3) is 10.7. The Kier molecular flexibility index (Phi) is 8.80. The second-order valence-corrected chi connectivity index (χ2v) is 2.62. The summed E-state index contributed by atoms with van der Waals surface area (Å²) in [6, 6.07) is 0. The number of rotatable bonds is 8. The first-order valence-corrected chi connectivity index (χ1v) is 4.51. The number of hydrogen-bond acceptors (Lipinski definition) is 2. The summed E-state index contributed by atoms with van der Waals surface area (Å²) in [6.07, 6.45) is 9.82. The van der Waals surface area contributed by atoms with Gasteiger partial charge in [0.2, 0.25) is 0 Å². The number of hydrogen-bond donors (Lipinski definition) is 1. The minimum Gasteiger partial charge on any atom is -0.481 e. The Morgan fingerprint density at radius 3 is 2.79 bits per heavy atom. The van der Waals surface area contributed by atoms with E-state index >= 15 is 0 Å². The first kappa shape index (κ1) is 12.7. The Balaban J connectivity index is 3.20. The molecule has 0 bridgehead atoms. The summed E-state index contributed by atoms with van der Waals surface area (Å²) in [6.45, 7) is 4.53. The van der Waals surface area contributed by atoms with Crippen LogP contribution < -0.4 is 0 Å². The average molecular weight is 196 g/mol. The van der Waals surface area contributed by atoms with E-state index in [0.717, 1.165) is 0 Å². The van der Waals surface area contributed by atoms with Gasteiger partial charge in [-0.25, -0.2) is 0 Å². The van der Waals surface area contributed by atoms with E-state index in [1.165, 1.54) is 0 Å². The van der Waals surface area contributed by atoms with Gasteiger partial charge >= 0.3 is 5.97 Å². The molecule has 0 atom stereocenters. The van der Waals surface area contributed by atoms with Gasteiger partial charge in [0.25, 0.3) is 0 Å². The highest BCUT2D eigenvalue weighted by Gasteiger charge is 1.94. The van der Waals surface area contributed by atoms with Crippen LogP contribution in [0.3, 0.4) is 0 Å². The fourth-order valence-corrected chi connectivity index (χ4v) is 0.754. The zero-order valence-corrected chi connectivity index (χ0v) is 8.19. The van der Waals surface area contributed by atoms with Crippen LogP contribution in [0, 0.1) is 0 Å². The van der Waals surface area contributed by atoms with Crippen molar-refractivity contribution in [3.63, 3.8) is 0 Å². The molecular weight excluding hydrogens is 180 g/mol. The Labute approximate surface area is 84.4 Å². The first-order chi connectivity index (χ1) is 6.77. The van der Waals surface area contributed by atoms with Crippen molar-refractivity contribution in [1.82, 2.24) is 0 Å². The lowest BCUT2D eigenvalue weighted by Gasteiger charge is -1.97. The van der Waals surface area contributed by atoms with Gasteiger partial charge < -0.3 is 9.84 Å². The summed E-state index contributed by atoms with van der Waals surface area (Å²) in [5, 5.41) is 8.33. The molecule has 0 aliphatic carbocycles. The van der Waals surface area contributed by atoms with E-state index in [9.17, 15) is 4.79 Å². The molecule has 0 aromatic heterocycles. The van der Waals surface area contributed by atoms with E-state index < -0.39 is 5.97 Å². The monoisotopic (exact) mass is 196 g/mol. The van der Waals surface area contributed by atoms with Crippen LogP contribution in [-0.4, -0.2) is 24.3 Å². The lowest BCUT2D eigenvalue weighted by atomic mass is 10.3. The standard InChI is InChI=1S/C11H16O3/c1-2-3-4-5-6-9-14-10-7-8-11(12)13/h2-6H,1,7-10H2,(H,12,13)/b4-3-,6-5-. The van der Waals surface area contributed by atoms with Crippen LogP contribution >= 0.6 is 0 Å². The van der Waals surface area contributed by atoms with Crippen LogP contribution in [0.25, 0.3) is 0 Å². The van der Waals surface area contributed by atoms with E-state index in [1.807, 2.05) is 24.3 Å². The van der Waals surface area contributed by atoms with Gasteiger partial charge in [-0.2, -0.15) is 0 Å². The van der Waals surface area contributed by atoms with Crippen molar-refractivity contribution in [2.75, 3.05) is 13.2 Å². The topological polar surface area (TPSA) is 46.5 Å². The largest absolute Gasteiger partial charge is 0.481 e. The van der Waals surface area contributed by atoms with Crippen LogP contribution in [0.2, 0.25) is 0 Å². The number of carboxylic acids is 1. The van der Waals surface area contributed by atoms with Gasteiger partial charge in [0.05, 0.1) is 6.61 Å². The van der Waals surface area contributed by atoms with Crippen LogP contribution in [-0.2, 0) is 9.53 Å². The molecule has 0 unspecified atom stereocenters. The van der Waals surface area contributed by atoms with E-state index in [4.69, 9.17) is 9.84 Å². The molecule has 0 aromatic rings. The minimum absolute atomic E-state index is 0.167. The molecule has 0 aliphatic rings. The van der Waals surface area contributed by atoms with Gasteiger partial charge in [-0.1, -0.05) is 37.0 Å². The SMILES string of the molecule is C=C/C=C\C=C/COCCCC(=O)O. The summed E-state index contributed by atoms with van der Waals surface area (Å²) < 4.78 is 5.15. The van der Waals surface area contributed by atoms with Crippen molar-refractivity contribution >= 4 is 5.97 Å². The Hall–Kier alpha value is -1.35. The van der Waals surface area contributed by atoms with Crippen LogP contribution in [0.5, 0.6) is 0 Å². The molecule has 0 radical (unpaired) electrons. The summed E-state index contributed by atoms with van der Waals surface area (Å²) >= 11 is 0. The third-order valence-electron chi connectivity index (χ3n) is 1.39. The molecule has 1 N–H and O–H groups in total. The third-order valence-corrected chi connectivity index (χ3v) is 1.39. The number of aliphatic carboxylic acids is 1. The Morgan fingerprint density at radius 2 is 2.14 bits per heavy atom. The zero-order chi connectivity index (χ0) is 10.6. The van der Waals surface area contributed by atoms with Gasteiger partial charge in [0.1, 0.15) is 0 Å². The van der Waals surface area contributed by atoms with Gasteiger partial charge in [0, 0.05) is 13.0 Å². The van der Waals surface area contributed by atoms with E-state index in [2.05, 4.69) is 6.58 Å². The molecule has 0 amide bonds. The fourth-order valence-electron chi connectivity index (χ4n) is 0.754. The Morgan fingerprint density at radius 1 is 1.36 bits per heavy atom. The van der Waals surface area contributed by atoms with Crippen molar-refractivity contribution in [3.8, 4) is 0 Å². The van der Waals surface area contributed by atoms with E-state index in [0.29, 0.717) is 19.6 Å². The second kappa shape index (κ2) is 9.74. The van der Waals surface area contributed by atoms with Crippen LogP contribution in [0.1, 0.15) is 12.8 Å². The van der Waals surface area contributed by atoms with Crippen molar-refractivity contribution in [1.29, 1.82) is 0 Å². The van der Waals surface area contributed by atoms with Crippen LogP contribution in [0.4, 0.5) is 0 Å². The summed E-state index contributed by atoms with van der Waals surface area (Å²) in [5.41, 5.74) is 0. The Bertz CT molecular complexity index is 217. The molecule has 78 valence electrons. The summed E-state index contributed by atoms with van der Waals surface area (Å²) in [5.74, 6) is -0.780. The molecule has 0 saturated carbocycles. The maximum atomic E-state index is 10.1. The van der Waals surface area contributed by atoms with Gasteiger partial charge in [-0.15, -0.1) is 0 Å². The first-order valence-electron chi connectivity index (χ1n) is 4.51. The van der Waals surface area contributed by atoms with E-state index in [-0.39, 0.29) is 6.42 Å². The maximum absolute atomic E-state index is 10.1. The fraction of sp³-hybridized carbons (Fsp3) is 0.364. The molecule has 0 spiro atoms. The molecule has 0 fully saturated rings. The smallest absolute Gasteiger partial charge is 0.303 e. The van der Waals surface area contributed by atoms with Crippen molar-refractivity contribution in [2.45, 2.75) is 12.8 Å². The quantitative estimate of drug-likeness (QED) is 0.478. The van der Waals surface area contributed by atoms with Gasteiger partial charge in [-0.3, -0.25) is 4.79 Å². The molecule has 0 saturated heterocycles. The van der Waals surface area contributed by atoms with Gasteiger partial charge in [0.15, 0.2) is 0 Å². The maximum Gasteiger partial charge on any atom is 0.303 e. The number of carboxylic acid groups (broad SMARTS) is 1. The lowest BCUT2D eigenvalue weighted by Crippen LogP contribution is -1.99. The van der Waals surface area contributed by atoms with Crippen molar-refractivity contribution < 1.29 is 14.6 Å². The molecular formula is C11H16O3. The molecule has 0 aromatic carbocycles. The molecule has 0 rings (SSSR count). The molecule has 0 aliphatic heterocycles. The summed E-state index contributed by atoms with van der Waals surface area (Å²) in [7, 11) is 0. The summed E-state index contributed by atoms with van der Waals surface area (Å²) in [4.78, 5) is 10.1. The second-order valence-electron chi connectivity index (χ2n) is 2.62. The average Bonchev–Trinajstić information content (AvgIpc) is 2.15. The highest BCUT2D eigenvalue weighted by Crippen LogP contribution is 1.90. The molecule has 0 heterocycles. The highest BCUT2D eigenvalue weighted by atomic mass is 16.5. The normalized spacial score (nSPS) is 11.1. The zero-order valence-electron chi connectivity index (χ0n) is 8.19. The predicted octanol–water partition coefficient (Wildman–Crippen LogP) is 2.17. The van der Waals surface area contributed by atoms with Crippen LogP contribution in [0.15, 0.2) is 37.0 Å². The van der Waals surface area contributed by atoms with E-state index in [1.54, 1.807) is 6.08 Å². The van der Waals surface area contributed by atoms with Crippen molar-refractivity contribution in [3.05, 3.63) is 37.0 Å². The number of allylic oxidation sites excluding steroid dienone is 4. The van der Waals surface area contributed by atoms with Crippen molar-refractivity contribution in [2.24, 2.45) is 0 Å². The lowest BCUT2D eigenvalue weighted by molar-refractivity contribution is -0.137. The highest BCUT2D eigenvalue weighted by molar-refractivity contribution is 5.66. The van der Waals surface area contributed by atoms with Gasteiger partial charge in [-0.05, 0) is 6.42 Å². The molecule has 14 heavy (non-hydrogen) atoms. The number of carbonyl (C=O) groups is 1. The molecule has 3 heteroatoms. The molecule has 3 nitrogen and oxygen atoms in total.